The fraction of sp³-hybridized carbons (Fsp3) is 0.391. The number of amides is 2. The predicted octanol–water partition coefficient (Wildman–Crippen LogP) is 2.88. The Morgan fingerprint density at radius 3 is 2.48 bits per heavy atom. The van der Waals surface area contributed by atoms with Gasteiger partial charge in [-0.3, -0.25) is 9.59 Å². The third-order valence-electron chi connectivity index (χ3n) is 5.55. The summed E-state index contributed by atoms with van der Waals surface area (Å²) in [6.07, 6.45) is 1.40. The normalized spacial score (nSPS) is 17.6. The van der Waals surface area contributed by atoms with Gasteiger partial charge in [0.05, 0.1) is 13.2 Å². The van der Waals surface area contributed by atoms with Crippen molar-refractivity contribution in [1.29, 1.82) is 0 Å². The van der Waals surface area contributed by atoms with Crippen LogP contribution in [0.1, 0.15) is 31.4 Å². The molecule has 2 aromatic carbocycles. The molecule has 3 N–H and O–H groups in total. The summed E-state index contributed by atoms with van der Waals surface area (Å²) in [6.45, 7) is 4.64. The van der Waals surface area contributed by atoms with Crippen molar-refractivity contribution in [1.82, 2.24) is 10.6 Å². The summed E-state index contributed by atoms with van der Waals surface area (Å²) >= 11 is 0. The van der Waals surface area contributed by atoms with Crippen LogP contribution in [0.4, 0.5) is 5.69 Å². The minimum absolute atomic E-state index is 0.00748. The molecule has 0 saturated heterocycles. The summed E-state index contributed by atoms with van der Waals surface area (Å²) in [6, 6.07) is 14.3. The molecule has 0 aliphatic carbocycles. The molecule has 3 atom stereocenters. The van der Waals surface area contributed by atoms with E-state index in [4.69, 9.17) is 4.74 Å². The van der Waals surface area contributed by atoms with Crippen LogP contribution in [0.15, 0.2) is 48.5 Å². The smallest absolute Gasteiger partial charge is 0.247 e. The second-order valence-corrected chi connectivity index (χ2v) is 7.50. The lowest BCUT2D eigenvalue weighted by Gasteiger charge is -2.29. The Hall–Kier alpha value is -2.86. The zero-order chi connectivity index (χ0) is 20.8. The number of rotatable bonds is 7. The van der Waals surface area contributed by atoms with Gasteiger partial charge in [0.15, 0.2) is 0 Å². The minimum atomic E-state index is -0.603. The van der Waals surface area contributed by atoms with E-state index in [0.717, 1.165) is 12.2 Å². The number of fused-ring (bicyclic) bond motifs is 1. The highest BCUT2D eigenvalue weighted by Crippen LogP contribution is 2.19. The standard InChI is InChI=1S/C23H29N3O3/c1-4-15(2)21(23(28)25-18-9-11-19(29-3)12-10-18)26-22(27)20-13-16-7-5-6-8-17(16)14-24-20/h5-12,15,20-21,24H,4,13-14H2,1-3H3,(H,25,28)(H,26,27)/t15-,20+,21+/m0/s1. The van der Waals surface area contributed by atoms with Crippen LogP contribution in [0.2, 0.25) is 0 Å². The van der Waals surface area contributed by atoms with Crippen molar-refractivity contribution in [2.75, 3.05) is 12.4 Å². The molecular formula is C23H29N3O3. The van der Waals surface area contributed by atoms with Crippen LogP contribution in [0, 0.1) is 5.92 Å². The molecule has 2 amide bonds. The first-order valence-corrected chi connectivity index (χ1v) is 10.1. The monoisotopic (exact) mass is 395 g/mol. The summed E-state index contributed by atoms with van der Waals surface area (Å²) < 4.78 is 5.15. The van der Waals surface area contributed by atoms with E-state index in [1.807, 2.05) is 26.0 Å². The zero-order valence-electron chi connectivity index (χ0n) is 17.2. The van der Waals surface area contributed by atoms with E-state index >= 15 is 0 Å². The number of nitrogens with one attached hydrogen (secondary N) is 3. The molecule has 0 spiro atoms. The lowest BCUT2D eigenvalue weighted by Crippen LogP contribution is -2.55. The van der Waals surface area contributed by atoms with Gasteiger partial charge in [-0.1, -0.05) is 44.5 Å². The van der Waals surface area contributed by atoms with Gasteiger partial charge in [-0.25, -0.2) is 0 Å². The van der Waals surface area contributed by atoms with Crippen LogP contribution >= 0.6 is 0 Å². The molecule has 0 fully saturated rings. The second-order valence-electron chi connectivity index (χ2n) is 7.50. The Labute approximate surface area is 172 Å². The molecule has 6 heteroatoms. The predicted molar refractivity (Wildman–Crippen MR) is 114 cm³/mol. The van der Waals surface area contributed by atoms with Crippen LogP contribution < -0.4 is 20.7 Å². The average molecular weight is 396 g/mol. The summed E-state index contributed by atoms with van der Waals surface area (Å²) in [5.74, 6) is 0.371. The molecule has 1 aliphatic rings. The fourth-order valence-electron chi connectivity index (χ4n) is 3.49. The van der Waals surface area contributed by atoms with Crippen molar-refractivity contribution in [3.05, 3.63) is 59.7 Å². The number of benzene rings is 2. The number of hydrogen-bond acceptors (Lipinski definition) is 4. The molecule has 0 saturated carbocycles. The SMILES string of the molecule is CC[C@H](C)[C@@H](NC(=O)[C@H]1Cc2ccccc2CN1)C(=O)Nc1ccc(OC)cc1. The van der Waals surface area contributed by atoms with Crippen molar-refractivity contribution < 1.29 is 14.3 Å². The molecule has 2 aromatic rings. The van der Waals surface area contributed by atoms with Crippen molar-refractivity contribution in [3.63, 3.8) is 0 Å². The number of methoxy groups -OCH3 is 1. The number of anilines is 1. The van der Waals surface area contributed by atoms with E-state index in [2.05, 4.69) is 28.1 Å². The highest BCUT2D eigenvalue weighted by atomic mass is 16.5. The van der Waals surface area contributed by atoms with Gasteiger partial charge in [0, 0.05) is 12.2 Å². The maximum absolute atomic E-state index is 12.9. The summed E-state index contributed by atoms with van der Waals surface area (Å²) in [5, 5.41) is 9.16. The lowest BCUT2D eigenvalue weighted by molar-refractivity contribution is -0.129. The Balaban J connectivity index is 1.66. The summed E-state index contributed by atoms with van der Waals surface area (Å²) in [5.41, 5.74) is 3.06. The summed E-state index contributed by atoms with van der Waals surface area (Å²) in [7, 11) is 1.60. The number of ether oxygens (including phenoxy) is 1. The molecule has 0 radical (unpaired) electrons. The van der Waals surface area contributed by atoms with E-state index in [0.29, 0.717) is 18.7 Å². The van der Waals surface area contributed by atoms with Gasteiger partial charge in [0.25, 0.3) is 0 Å². The van der Waals surface area contributed by atoms with Crippen LogP contribution in [0.25, 0.3) is 0 Å². The molecule has 154 valence electrons. The maximum Gasteiger partial charge on any atom is 0.247 e. The zero-order valence-corrected chi connectivity index (χ0v) is 17.2. The van der Waals surface area contributed by atoms with E-state index in [1.165, 1.54) is 11.1 Å². The Kier molecular flexibility index (Phi) is 6.88. The van der Waals surface area contributed by atoms with Crippen molar-refractivity contribution in [2.24, 2.45) is 5.92 Å². The van der Waals surface area contributed by atoms with Gasteiger partial charge in [0.1, 0.15) is 11.8 Å². The molecular weight excluding hydrogens is 366 g/mol. The quantitative estimate of drug-likeness (QED) is 0.674. The molecule has 0 unspecified atom stereocenters. The van der Waals surface area contributed by atoms with Gasteiger partial charge in [0.2, 0.25) is 11.8 Å². The Morgan fingerprint density at radius 2 is 1.83 bits per heavy atom. The van der Waals surface area contributed by atoms with Crippen molar-refractivity contribution in [3.8, 4) is 5.75 Å². The molecule has 1 aliphatic heterocycles. The first kappa shape index (κ1) is 20.9. The highest BCUT2D eigenvalue weighted by Gasteiger charge is 2.30. The van der Waals surface area contributed by atoms with Crippen molar-refractivity contribution in [2.45, 2.75) is 45.3 Å². The minimum Gasteiger partial charge on any atom is -0.497 e. The fourth-order valence-corrected chi connectivity index (χ4v) is 3.49. The van der Waals surface area contributed by atoms with Crippen LogP contribution in [0.3, 0.4) is 0 Å². The molecule has 29 heavy (non-hydrogen) atoms. The topological polar surface area (TPSA) is 79.5 Å². The Bertz CT molecular complexity index is 851. The highest BCUT2D eigenvalue weighted by molar-refractivity contribution is 5.98. The molecule has 3 rings (SSSR count). The van der Waals surface area contributed by atoms with Gasteiger partial charge < -0.3 is 20.7 Å². The molecule has 1 heterocycles. The van der Waals surface area contributed by atoms with Gasteiger partial charge in [-0.15, -0.1) is 0 Å². The van der Waals surface area contributed by atoms with Gasteiger partial charge in [-0.2, -0.15) is 0 Å². The van der Waals surface area contributed by atoms with Crippen LogP contribution in [0.5, 0.6) is 5.75 Å². The van der Waals surface area contributed by atoms with Gasteiger partial charge >= 0.3 is 0 Å². The van der Waals surface area contributed by atoms with Crippen LogP contribution in [-0.4, -0.2) is 31.0 Å². The van der Waals surface area contributed by atoms with E-state index < -0.39 is 6.04 Å². The third kappa shape index (κ3) is 5.15. The number of carbonyl (C=O) groups excluding carboxylic acids is 2. The molecule has 0 aromatic heterocycles. The second kappa shape index (κ2) is 9.56. The molecule has 0 bridgehead atoms. The van der Waals surface area contributed by atoms with E-state index in [9.17, 15) is 9.59 Å². The molecule has 6 nitrogen and oxygen atoms in total. The average Bonchev–Trinajstić information content (AvgIpc) is 2.76. The largest absolute Gasteiger partial charge is 0.497 e. The van der Waals surface area contributed by atoms with Gasteiger partial charge in [-0.05, 0) is 47.7 Å². The third-order valence-corrected chi connectivity index (χ3v) is 5.55. The number of hydrogen-bond donors (Lipinski definition) is 3. The van der Waals surface area contributed by atoms with Crippen molar-refractivity contribution >= 4 is 17.5 Å². The Morgan fingerprint density at radius 1 is 1.14 bits per heavy atom. The lowest BCUT2D eigenvalue weighted by atomic mass is 9.94. The number of carbonyl (C=O) groups is 2. The van der Waals surface area contributed by atoms with E-state index in [1.54, 1.807) is 31.4 Å². The summed E-state index contributed by atoms with van der Waals surface area (Å²) in [4.78, 5) is 25.8. The van der Waals surface area contributed by atoms with Crippen LogP contribution in [-0.2, 0) is 22.6 Å². The first-order chi connectivity index (χ1) is 14.0. The first-order valence-electron chi connectivity index (χ1n) is 10.1. The van der Waals surface area contributed by atoms with E-state index in [-0.39, 0.29) is 23.8 Å². The maximum atomic E-state index is 12.9.